The van der Waals surface area contributed by atoms with Crippen LogP contribution in [-0.4, -0.2) is 18.0 Å². The van der Waals surface area contributed by atoms with Gasteiger partial charge in [0.2, 0.25) is 11.8 Å². The van der Waals surface area contributed by atoms with Gasteiger partial charge in [0.25, 0.3) is 0 Å². The molecule has 2 atom stereocenters. The van der Waals surface area contributed by atoms with Crippen LogP contribution in [0.2, 0.25) is 0 Å². The lowest BCUT2D eigenvalue weighted by Crippen LogP contribution is -2.54. The molecule has 8 rings (SSSR count). The second-order valence-corrected chi connectivity index (χ2v) is 10.9. The Morgan fingerprint density at radius 3 is 2.05 bits per heavy atom. The van der Waals surface area contributed by atoms with E-state index in [4.69, 9.17) is 4.99 Å². The maximum atomic E-state index is 14.5. The Morgan fingerprint density at radius 2 is 1.39 bits per heavy atom. The van der Waals surface area contributed by atoms with Gasteiger partial charge < -0.3 is 0 Å². The Labute approximate surface area is 222 Å². The number of rotatable bonds is 3. The van der Waals surface area contributed by atoms with Crippen LogP contribution in [0.15, 0.2) is 96.0 Å². The first-order valence-electron chi connectivity index (χ1n) is 13.2. The third kappa shape index (κ3) is 2.94. The molecule has 2 bridgehead atoms. The summed E-state index contributed by atoms with van der Waals surface area (Å²) in [6, 6.07) is 30.6. The first-order valence-corrected chi connectivity index (χ1v) is 13.2. The summed E-state index contributed by atoms with van der Waals surface area (Å²) < 4.78 is 0. The molecule has 4 aliphatic rings. The molecule has 0 saturated carbocycles. The maximum absolute atomic E-state index is 14.5. The lowest BCUT2D eigenvalue weighted by molar-refractivity contribution is -0.122. The van der Waals surface area contributed by atoms with Gasteiger partial charge in [0.15, 0.2) is 0 Å². The first-order chi connectivity index (χ1) is 18.4. The minimum absolute atomic E-state index is 0.116. The Kier molecular flexibility index (Phi) is 4.87. The predicted molar refractivity (Wildman–Crippen MR) is 150 cm³/mol. The van der Waals surface area contributed by atoms with Crippen molar-refractivity contribution in [2.24, 2.45) is 16.8 Å². The average molecular weight is 497 g/mol. The molecule has 38 heavy (non-hydrogen) atoms. The van der Waals surface area contributed by atoms with Crippen LogP contribution in [0, 0.1) is 32.6 Å². The van der Waals surface area contributed by atoms with Gasteiger partial charge in [-0.2, -0.15) is 0 Å². The summed E-state index contributed by atoms with van der Waals surface area (Å²) in [5.74, 6) is -1.49. The topological polar surface area (TPSA) is 49.7 Å². The molecule has 1 aliphatic heterocycles. The van der Waals surface area contributed by atoms with E-state index < -0.39 is 17.3 Å². The van der Waals surface area contributed by atoms with Gasteiger partial charge in [-0.05, 0) is 72.4 Å². The zero-order valence-electron chi connectivity index (χ0n) is 21.7. The third-order valence-electron chi connectivity index (χ3n) is 8.70. The van der Waals surface area contributed by atoms with Crippen LogP contribution in [0.25, 0.3) is 0 Å². The van der Waals surface area contributed by atoms with Gasteiger partial charge in [0.05, 0.1) is 28.6 Å². The van der Waals surface area contributed by atoms with Crippen LogP contribution in [0.1, 0.15) is 44.9 Å². The predicted octanol–water partition coefficient (Wildman–Crippen LogP) is 6.57. The van der Waals surface area contributed by atoms with Crippen molar-refractivity contribution in [3.8, 4) is 0 Å². The Bertz CT molecular complexity index is 1640. The Morgan fingerprint density at radius 1 is 0.737 bits per heavy atom. The molecule has 0 aromatic heterocycles. The quantitative estimate of drug-likeness (QED) is 0.238. The van der Waals surface area contributed by atoms with Gasteiger partial charge in [0, 0.05) is 12.1 Å². The largest absolute Gasteiger partial charge is 0.274 e. The van der Waals surface area contributed by atoms with E-state index in [9.17, 15) is 9.59 Å². The molecule has 0 radical (unpaired) electrons. The molecule has 1 saturated heterocycles. The number of anilines is 1. The van der Waals surface area contributed by atoms with Gasteiger partial charge in [-0.15, -0.1) is 0 Å². The standard InChI is InChI=1S/C34H28N2O2/c1-20-9-8-10-23(18-20)35-19-34-26-13-6-4-11-24(26)29(25-12-5-7-14-27(25)34)30-31(34)33(38)36(32(30)37)28-16-15-21(2)17-22(28)3/h4-19,29-31H,1-3H3/t29?,30-,31+,34?/m1/s1. The molecular formula is C34H28N2O2. The van der Waals surface area contributed by atoms with E-state index in [1.165, 1.54) is 4.90 Å². The molecule has 4 nitrogen and oxygen atoms in total. The number of benzene rings is 4. The fraction of sp³-hybridized carbons (Fsp3) is 0.206. The van der Waals surface area contributed by atoms with E-state index in [2.05, 4.69) is 24.3 Å². The van der Waals surface area contributed by atoms with Gasteiger partial charge >= 0.3 is 0 Å². The van der Waals surface area contributed by atoms with Crippen LogP contribution in [0.4, 0.5) is 11.4 Å². The van der Waals surface area contributed by atoms with Crippen LogP contribution in [-0.2, 0) is 15.0 Å². The zero-order valence-corrected chi connectivity index (χ0v) is 21.7. The molecule has 1 fully saturated rings. The molecule has 3 aliphatic carbocycles. The number of carbonyl (C=O) groups excluding carboxylic acids is 2. The molecule has 0 N–H and O–H groups in total. The van der Waals surface area contributed by atoms with E-state index >= 15 is 0 Å². The van der Waals surface area contributed by atoms with E-state index in [-0.39, 0.29) is 17.7 Å². The molecule has 1 heterocycles. The first kappa shape index (κ1) is 22.9. The fourth-order valence-corrected chi connectivity index (χ4v) is 7.23. The molecule has 0 unspecified atom stereocenters. The number of carbonyl (C=O) groups is 2. The number of amides is 2. The average Bonchev–Trinajstić information content (AvgIpc) is 3.18. The molecule has 4 aromatic carbocycles. The van der Waals surface area contributed by atoms with Crippen molar-refractivity contribution in [2.75, 3.05) is 4.90 Å². The van der Waals surface area contributed by atoms with Crippen molar-refractivity contribution in [3.05, 3.63) is 130 Å². The van der Waals surface area contributed by atoms with Crippen LogP contribution in [0.5, 0.6) is 0 Å². The third-order valence-corrected chi connectivity index (χ3v) is 8.70. The van der Waals surface area contributed by atoms with Crippen molar-refractivity contribution < 1.29 is 9.59 Å². The highest BCUT2D eigenvalue weighted by Crippen LogP contribution is 2.63. The van der Waals surface area contributed by atoms with Gasteiger partial charge in [-0.3, -0.25) is 14.6 Å². The molecule has 0 spiro atoms. The highest BCUT2D eigenvalue weighted by Gasteiger charge is 2.68. The van der Waals surface area contributed by atoms with Crippen molar-refractivity contribution in [1.29, 1.82) is 0 Å². The fourth-order valence-electron chi connectivity index (χ4n) is 7.23. The number of hydrogen-bond donors (Lipinski definition) is 0. The summed E-state index contributed by atoms with van der Waals surface area (Å²) in [5, 5.41) is 0. The summed E-state index contributed by atoms with van der Waals surface area (Å²) in [6.45, 7) is 6.04. The molecule has 4 aromatic rings. The summed E-state index contributed by atoms with van der Waals surface area (Å²) in [5.41, 5.74) is 8.19. The maximum Gasteiger partial charge on any atom is 0.239 e. The summed E-state index contributed by atoms with van der Waals surface area (Å²) in [7, 11) is 0. The molecular weight excluding hydrogens is 468 g/mol. The van der Waals surface area contributed by atoms with Crippen LogP contribution in [0.3, 0.4) is 0 Å². The highest BCUT2D eigenvalue weighted by atomic mass is 16.2. The minimum atomic E-state index is -0.851. The normalized spacial score (nSPS) is 25.0. The molecule has 4 heteroatoms. The van der Waals surface area contributed by atoms with Crippen molar-refractivity contribution in [3.63, 3.8) is 0 Å². The number of aryl methyl sites for hydroxylation is 3. The lowest BCUT2D eigenvalue weighted by Gasteiger charge is -2.52. The number of imide groups is 1. The number of aliphatic imine (C=N–C) groups is 1. The van der Waals surface area contributed by atoms with Crippen LogP contribution >= 0.6 is 0 Å². The summed E-state index contributed by atoms with van der Waals surface area (Å²) >= 11 is 0. The number of nitrogens with zero attached hydrogens (tertiary/aromatic N) is 2. The van der Waals surface area contributed by atoms with Crippen molar-refractivity contribution >= 4 is 29.4 Å². The second-order valence-electron chi connectivity index (χ2n) is 10.9. The second kappa shape index (κ2) is 8.09. The summed E-state index contributed by atoms with van der Waals surface area (Å²) in [6.07, 6.45) is 1.96. The lowest BCUT2D eigenvalue weighted by atomic mass is 9.47. The Hall–Kier alpha value is -4.31. The van der Waals surface area contributed by atoms with Gasteiger partial charge in [-0.25, -0.2) is 4.90 Å². The SMILES string of the molecule is Cc1cccc(N=CC23c4ccccc4C(c4ccccc42)[C@H]2C(=O)N(c4ccc(C)cc4C)C(=O)[C@H]23)c1. The van der Waals surface area contributed by atoms with Gasteiger partial charge in [0.1, 0.15) is 0 Å². The Balaban J connectivity index is 1.51. The summed E-state index contributed by atoms with van der Waals surface area (Å²) in [4.78, 5) is 35.3. The van der Waals surface area contributed by atoms with E-state index in [1.54, 1.807) is 0 Å². The number of hydrogen-bond acceptors (Lipinski definition) is 3. The molecule has 2 amide bonds. The monoisotopic (exact) mass is 496 g/mol. The zero-order chi connectivity index (χ0) is 26.2. The highest BCUT2D eigenvalue weighted by molar-refractivity contribution is 6.25. The van der Waals surface area contributed by atoms with E-state index in [0.717, 1.165) is 44.6 Å². The van der Waals surface area contributed by atoms with Gasteiger partial charge in [-0.1, -0.05) is 78.4 Å². The van der Waals surface area contributed by atoms with Crippen molar-refractivity contribution in [1.82, 2.24) is 0 Å². The van der Waals surface area contributed by atoms with Crippen LogP contribution < -0.4 is 4.90 Å². The smallest absolute Gasteiger partial charge is 0.239 e. The molecule has 186 valence electrons. The van der Waals surface area contributed by atoms with Crippen molar-refractivity contribution in [2.45, 2.75) is 32.1 Å². The van der Waals surface area contributed by atoms with E-state index in [1.807, 2.05) is 93.7 Å². The minimum Gasteiger partial charge on any atom is -0.274 e. The van der Waals surface area contributed by atoms with E-state index in [0.29, 0.717) is 5.69 Å².